The highest BCUT2D eigenvalue weighted by Gasteiger charge is 2.13. The minimum Gasteiger partial charge on any atom is -0.478 e. The van der Waals surface area contributed by atoms with Gasteiger partial charge in [-0.15, -0.1) is 0 Å². The number of aromatic carboxylic acids is 1. The van der Waals surface area contributed by atoms with Crippen molar-refractivity contribution in [3.63, 3.8) is 0 Å². The summed E-state index contributed by atoms with van der Waals surface area (Å²) in [4.78, 5) is 10.9. The molecule has 2 nitrogen and oxygen atoms in total. The van der Waals surface area contributed by atoms with Crippen molar-refractivity contribution in [2.45, 2.75) is 34.1 Å². The molecule has 0 amide bonds. The van der Waals surface area contributed by atoms with E-state index >= 15 is 0 Å². The van der Waals surface area contributed by atoms with Crippen molar-refractivity contribution in [2.75, 3.05) is 0 Å². The number of aryl methyl sites for hydroxylation is 1. The maximum atomic E-state index is 10.9. The van der Waals surface area contributed by atoms with E-state index in [1.54, 1.807) is 12.1 Å². The highest BCUT2D eigenvalue weighted by atomic mass is 16.4. The molecule has 0 saturated heterocycles. The zero-order valence-electron chi connectivity index (χ0n) is 8.16. The zero-order valence-corrected chi connectivity index (χ0v) is 8.16. The Morgan fingerprint density at radius 2 is 1.93 bits per heavy atom. The van der Waals surface area contributed by atoms with Crippen LogP contribution in [-0.4, -0.2) is 11.1 Å². The minimum absolute atomic E-state index is 0. The Hall–Kier alpha value is -1.31. The molecule has 0 spiro atoms. The fourth-order valence-electron chi connectivity index (χ4n) is 1.63. The van der Waals surface area contributed by atoms with Crippen LogP contribution >= 0.6 is 0 Å². The Balaban J connectivity index is 0.00000169. The van der Waals surface area contributed by atoms with Gasteiger partial charge in [-0.2, -0.15) is 0 Å². The summed E-state index contributed by atoms with van der Waals surface area (Å²) >= 11 is 0. The Morgan fingerprint density at radius 1 is 1.36 bits per heavy atom. The van der Waals surface area contributed by atoms with Gasteiger partial charge in [0.25, 0.3) is 0 Å². The third kappa shape index (κ3) is 2.34. The summed E-state index contributed by atoms with van der Waals surface area (Å²) < 4.78 is 0. The van der Waals surface area contributed by atoms with Gasteiger partial charge in [0.2, 0.25) is 0 Å². The van der Waals surface area contributed by atoms with Crippen molar-refractivity contribution >= 4 is 5.97 Å². The number of hydrogen-bond acceptors (Lipinski definition) is 1. The van der Waals surface area contributed by atoms with Gasteiger partial charge in [0.05, 0.1) is 5.56 Å². The maximum Gasteiger partial charge on any atom is 0.335 e. The molecule has 1 aromatic rings. The van der Waals surface area contributed by atoms with Crippen LogP contribution in [0.15, 0.2) is 18.2 Å². The van der Waals surface area contributed by atoms with Crippen molar-refractivity contribution in [2.24, 2.45) is 0 Å². The SMILES string of the molecule is C.Cc1cccc(C(=O)O)c1C(C)C. The lowest BCUT2D eigenvalue weighted by molar-refractivity contribution is 0.0695. The fraction of sp³-hybridized carbons (Fsp3) is 0.417. The third-order valence-electron chi connectivity index (χ3n) is 2.13. The van der Waals surface area contributed by atoms with Gasteiger partial charge in [-0.25, -0.2) is 4.79 Å². The topological polar surface area (TPSA) is 37.3 Å². The van der Waals surface area contributed by atoms with E-state index in [1.165, 1.54) is 0 Å². The largest absolute Gasteiger partial charge is 0.478 e. The van der Waals surface area contributed by atoms with E-state index in [0.29, 0.717) is 5.56 Å². The summed E-state index contributed by atoms with van der Waals surface area (Å²) in [5.74, 6) is -0.584. The molecule has 78 valence electrons. The highest BCUT2D eigenvalue weighted by Crippen LogP contribution is 2.23. The van der Waals surface area contributed by atoms with Gasteiger partial charge in [0.1, 0.15) is 0 Å². The van der Waals surface area contributed by atoms with Crippen LogP contribution in [0.1, 0.15) is 48.7 Å². The van der Waals surface area contributed by atoms with Crippen molar-refractivity contribution in [3.8, 4) is 0 Å². The van der Waals surface area contributed by atoms with Crippen LogP contribution in [0.5, 0.6) is 0 Å². The van der Waals surface area contributed by atoms with Gasteiger partial charge in [-0.05, 0) is 30.0 Å². The summed E-state index contributed by atoms with van der Waals surface area (Å²) in [5.41, 5.74) is 2.42. The first kappa shape index (κ1) is 12.7. The molecule has 0 aromatic heterocycles. The summed E-state index contributed by atoms with van der Waals surface area (Å²) in [6.45, 7) is 5.96. The molecular weight excluding hydrogens is 176 g/mol. The molecule has 2 heteroatoms. The molecule has 0 heterocycles. The molecule has 0 atom stereocenters. The predicted molar refractivity (Wildman–Crippen MR) is 59.0 cm³/mol. The van der Waals surface area contributed by atoms with E-state index in [4.69, 9.17) is 5.11 Å². The third-order valence-corrected chi connectivity index (χ3v) is 2.13. The van der Waals surface area contributed by atoms with Crippen molar-refractivity contribution < 1.29 is 9.90 Å². The Bertz CT molecular complexity index is 327. The molecule has 0 radical (unpaired) electrons. The average molecular weight is 194 g/mol. The van der Waals surface area contributed by atoms with Crippen LogP contribution < -0.4 is 0 Å². The number of carboxylic acid groups (broad SMARTS) is 1. The summed E-state index contributed by atoms with van der Waals surface area (Å²) in [5, 5.41) is 8.94. The second kappa shape index (κ2) is 4.80. The van der Waals surface area contributed by atoms with Gasteiger partial charge in [0.15, 0.2) is 0 Å². The van der Waals surface area contributed by atoms with Gasteiger partial charge < -0.3 is 5.11 Å². The Morgan fingerprint density at radius 3 is 2.29 bits per heavy atom. The molecule has 0 bridgehead atoms. The monoisotopic (exact) mass is 194 g/mol. The number of carboxylic acids is 1. The van der Waals surface area contributed by atoms with Crippen LogP contribution in [-0.2, 0) is 0 Å². The molecule has 1 N–H and O–H groups in total. The first-order valence-electron chi connectivity index (χ1n) is 4.37. The van der Waals surface area contributed by atoms with Crippen LogP contribution in [0.4, 0.5) is 0 Å². The molecular formula is C12H18O2. The van der Waals surface area contributed by atoms with Crippen LogP contribution in [0, 0.1) is 6.92 Å². The van der Waals surface area contributed by atoms with Crippen molar-refractivity contribution in [1.82, 2.24) is 0 Å². The lowest BCUT2D eigenvalue weighted by Gasteiger charge is -2.12. The quantitative estimate of drug-likeness (QED) is 0.782. The Labute approximate surface area is 85.6 Å². The number of benzene rings is 1. The van der Waals surface area contributed by atoms with Gasteiger partial charge in [0, 0.05) is 0 Å². The van der Waals surface area contributed by atoms with E-state index in [1.807, 2.05) is 26.8 Å². The van der Waals surface area contributed by atoms with E-state index in [9.17, 15) is 4.79 Å². The van der Waals surface area contributed by atoms with Crippen molar-refractivity contribution in [1.29, 1.82) is 0 Å². The van der Waals surface area contributed by atoms with Gasteiger partial charge in [-0.1, -0.05) is 33.4 Å². The molecule has 0 aliphatic rings. The minimum atomic E-state index is -0.840. The second-order valence-electron chi connectivity index (χ2n) is 3.50. The molecule has 0 saturated carbocycles. The zero-order chi connectivity index (χ0) is 10.0. The van der Waals surface area contributed by atoms with E-state index in [2.05, 4.69) is 0 Å². The summed E-state index contributed by atoms with van der Waals surface area (Å²) in [6, 6.07) is 5.39. The maximum absolute atomic E-state index is 10.9. The second-order valence-corrected chi connectivity index (χ2v) is 3.50. The lowest BCUT2D eigenvalue weighted by atomic mass is 9.93. The first-order valence-corrected chi connectivity index (χ1v) is 4.37. The fourth-order valence-corrected chi connectivity index (χ4v) is 1.63. The van der Waals surface area contributed by atoms with Gasteiger partial charge >= 0.3 is 5.97 Å². The predicted octanol–water partition coefficient (Wildman–Crippen LogP) is 3.45. The van der Waals surface area contributed by atoms with Gasteiger partial charge in [-0.3, -0.25) is 0 Å². The first-order chi connectivity index (χ1) is 6.04. The van der Waals surface area contributed by atoms with Crippen LogP contribution in [0.2, 0.25) is 0 Å². The van der Waals surface area contributed by atoms with E-state index in [0.717, 1.165) is 11.1 Å². The molecule has 0 aliphatic heterocycles. The number of rotatable bonds is 2. The normalized spacial score (nSPS) is 9.71. The Kier molecular flexibility index (Phi) is 4.35. The molecule has 14 heavy (non-hydrogen) atoms. The molecule has 0 fully saturated rings. The highest BCUT2D eigenvalue weighted by molar-refractivity contribution is 5.90. The molecule has 0 unspecified atom stereocenters. The van der Waals surface area contributed by atoms with Crippen LogP contribution in [0.25, 0.3) is 0 Å². The van der Waals surface area contributed by atoms with Crippen molar-refractivity contribution in [3.05, 3.63) is 34.9 Å². The summed E-state index contributed by atoms with van der Waals surface area (Å²) in [6.07, 6.45) is 0. The average Bonchev–Trinajstić information content (AvgIpc) is 2.02. The molecule has 1 rings (SSSR count). The van der Waals surface area contributed by atoms with E-state index in [-0.39, 0.29) is 13.3 Å². The number of hydrogen-bond donors (Lipinski definition) is 1. The molecule has 1 aromatic carbocycles. The van der Waals surface area contributed by atoms with E-state index < -0.39 is 5.97 Å². The standard InChI is InChI=1S/C11H14O2.CH4/c1-7(2)10-8(3)5-4-6-9(10)11(12)13;/h4-7H,1-3H3,(H,12,13);1H4. The van der Waals surface area contributed by atoms with Crippen LogP contribution in [0.3, 0.4) is 0 Å². The lowest BCUT2D eigenvalue weighted by Crippen LogP contribution is -2.05. The smallest absolute Gasteiger partial charge is 0.335 e. The number of carbonyl (C=O) groups is 1. The summed E-state index contributed by atoms with van der Waals surface area (Å²) in [7, 11) is 0. The molecule has 0 aliphatic carbocycles.